The Kier molecular flexibility index (Phi) is 2.13. The monoisotopic (exact) mass is 246 g/mol. The van der Waals surface area contributed by atoms with E-state index in [2.05, 4.69) is 4.98 Å². The highest BCUT2D eigenvalue weighted by atomic mass is 16.4. The highest BCUT2D eigenvalue weighted by Gasteiger charge is 2.31. The van der Waals surface area contributed by atoms with Gasteiger partial charge in [-0.05, 0) is 25.0 Å². The predicted octanol–water partition coefficient (Wildman–Crippen LogP) is 1.61. The molecule has 92 valence electrons. The van der Waals surface area contributed by atoms with Crippen molar-refractivity contribution in [3.8, 4) is 0 Å². The van der Waals surface area contributed by atoms with Crippen molar-refractivity contribution in [1.82, 2.24) is 9.38 Å². The molecule has 0 aliphatic heterocycles. The van der Waals surface area contributed by atoms with E-state index in [9.17, 15) is 9.59 Å². The zero-order valence-electron chi connectivity index (χ0n) is 9.33. The van der Waals surface area contributed by atoms with Crippen LogP contribution < -0.4 is 0 Å². The standard InChI is InChI=1S/C12H10N2O4/c15-11(16)7-2-1-5-14-9(7)8(12(17)18)13-10(14)6-3-4-6/h1-2,5-6H,3-4H2,(H,15,16)(H,17,18). The summed E-state index contributed by atoms with van der Waals surface area (Å²) in [5.41, 5.74) is -0.0522. The molecule has 0 aromatic carbocycles. The molecule has 6 nitrogen and oxygen atoms in total. The normalized spacial score (nSPS) is 14.9. The van der Waals surface area contributed by atoms with Gasteiger partial charge in [0.15, 0.2) is 5.69 Å². The quantitative estimate of drug-likeness (QED) is 0.858. The van der Waals surface area contributed by atoms with Gasteiger partial charge in [-0.3, -0.25) is 0 Å². The molecule has 1 saturated carbocycles. The smallest absolute Gasteiger partial charge is 0.356 e. The van der Waals surface area contributed by atoms with Crippen molar-refractivity contribution in [1.29, 1.82) is 0 Å². The largest absolute Gasteiger partial charge is 0.478 e. The van der Waals surface area contributed by atoms with E-state index in [0.29, 0.717) is 5.82 Å². The number of carboxylic acid groups (broad SMARTS) is 2. The fraction of sp³-hybridized carbons (Fsp3) is 0.250. The molecule has 0 saturated heterocycles. The van der Waals surface area contributed by atoms with Gasteiger partial charge < -0.3 is 14.6 Å². The molecule has 2 aromatic heterocycles. The first kappa shape index (κ1) is 10.8. The fourth-order valence-electron chi connectivity index (χ4n) is 2.11. The molecular formula is C12H10N2O4. The van der Waals surface area contributed by atoms with Gasteiger partial charge in [-0.2, -0.15) is 0 Å². The summed E-state index contributed by atoms with van der Waals surface area (Å²) in [5.74, 6) is -1.46. The van der Waals surface area contributed by atoms with Crippen molar-refractivity contribution >= 4 is 17.5 Å². The van der Waals surface area contributed by atoms with E-state index in [1.807, 2.05) is 0 Å². The van der Waals surface area contributed by atoms with Crippen LogP contribution in [0.5, 0.6) is 0 Å². The molecule has 0 radical (unpaired) electrons. The second kappa shape index (κ2) is 3.56. The third-order valence-electron chi connectivity index (χ3n) is 3.07. The van der Waals surface area contributed by atoms with Crippen LogP contribution in [0.3, 0.4) is 0 Å². The molecule has 1 aliphatic rings. The number of nitrogens with zero attached hydrogens (tertiary/aromatic N) is 2. The summed E-state index contributed by atoms with van der Waals surface area (Å²) in [6, 6.07) is 2.98. The Morgan fingerprint density at radius 1 is 1.28 bits per heavy atom. The number of rotatable bonds is 3. The van der Waals surface area contributed by atoms with E-state index < -0.39 is 11.9 Å². The van der Waals surface area contributed by atoms with Gasteiger partial charge in [-0.1, -0.05) is 0 Å². The Morgan fingerprint density at radius 2 is 2.00 bits per heavy atom. The molecule has 2 aromatic rings. The molecule has 2 N–H and O–H groups in total. The lowest BCUT2D eigenvalue weighted by atomic mass is 10.2. The summed E-state index contributed by atoms with van der Waals surface area (Å²) in [6.07, 6.45) is 3.60. The first-order chi connectivity index (χ1) is 8.59. The third kappa shape index (κ3) is 1.46. The highest BCUT2D eigenvalue weighted by Crippen LogP contribution is 2.40. The molecule has 0 amide bonds. The van der Waals surface area contributed by atoms with Crippen LogP contribution in [0.1, 0.15) is 45.4 Å². The van der Waals surface area contributed by atoms with Crippen molar-refractivity contribution in [3.05, 3.63) is 35.4 Å². The average molecular weight is 246 g/mol. The predicted molar refractivity (Wildman–Crippen MR) is 61.1 cm³/mol. The van der Waals surface area contributed by atoms with Crippen molar-refractivity contribution < 1.29 is 19.8 Å². The zero-order valence-corrected chi connectivity index (χ0v) is 9.33. The number of imidazole rings is 1. The highest BCUT2D eigenvalue weighted by molar-refractivity contribution is 6.03. The van der Waals surface area contributed by atoms with Gasteiger partial charge in [0, 0.05) is 12.1 Å². The Balaban J connectivity index is 2.38. The average Bonchev–Trinajstić information content (AvgIpc) is 3.08. The zero-order chi connectivity index (χ0) is 12.9. The minimum absolute atomic E-state index is 0.0331. The Hall–Kier alpha value is -2.37. The Morgan fingerprint density at radius 3 is 2.56 bits per heavy atom. The van der Waals surface area contributed by atoms with E-state index in [-0.39, 0.29) is 22.7 Å². The number of pyridine rings is 1. The van der Waals surface area contributed by atoms with Crippen molar-refractivity contribution in [2.45, 2.75) is 18.8 Å². The fourth-order valence-corrected chi connectivity index (χ4v) is 2.11. The van der Waals surface area contributed by atoms with Gasteiger partial charge in [-0.15, -0.1) is 0 Å². The topological polar surface area (TPSA) is 91.9 Å². The lowest BCUT2D eigenvalue weighted by Crippen LogP contribution is -2.04. The van der Waals surface area contributed by atoms with Crippen LogP contribution in [0.2, 0.25) is 0 Å². The van der Waals surface area contributed by atoms with E-state index >= 15 is 0 Å². The SMILES string of the molecule is O=C(O)c1cccn2c(C3CC3)nc(C(=O)O)c12. The number of fused-ring (bicyclic) bond motifs is 1. The number of hydrogen-bond acceptors (Lipinski definition) is 3. The molecular weight excluding hydrogens is 236 g/mol. The molecule has 0 atom stereocenters. The Labute approximate surface area is 101 Å². The first-order valence-corrected chi connectivity index (χ1v) is 5.57. The van der Waals surface area contributed by atoms with Crippen LogP contribution in [0.25, 0.3) is 5.52 Å². The number of carbonyl (C=O) groups is 2. The minimum Gasteiger partial charge on any atom is -0.478 e. The van der Waals surface area contributed by atoms with Crippen molar-refractivity contribution in [2.24, 2.45) is 0 Å². The molecule has 3 rings (SSSR count). The van der Waals surface area contributed by atoms with E-state index in [1.54, 1.807) is 16.7 Å². The lowest BCUT2D eigenvalue weighted by Gasteiger charge is -2.01. The van der Waals surface area contributed by atoms with Crippen molar-refractivity contribution in [2.75, 3.05) is 0 Å². The number of hydrogen-bond donors (Lipinski definition) is 2. The Bertz CT molecular complexity index is 670. The summed E-state index contributed by atoms with van der Waals surface area (Å²) in [4.78, 5) is 26.4. The first-order valence-electron chi connectivity index (χ1n) is 5.57. The molecule has 0 unspecified atom stereocenters. The van der Waals surface area contributed by atoms with E-state index in [1.165, 1.54) is 6.07 Å². The number of aromatic carboxylic acids is 2. The summed E-state index contributed by atoms with van der Waals surface area (Å²) in [7, 11) is 0. The number of aromatic nitrogens is 2. The van der Waals surface area contributed by atoms with Crippen LogP contribution in [0, 0.1) is 0 Å². The maximum absolute atomic E-state index is 11.2. The number of carboxylic acids is 2. The molecule has 1 fully saturated rings. The molecule has 18 heavy (non-hydrogen) atoms. The molecule has 0 bridgehead atoms. The second-order valence-electron chi connectivity index (χ2n) is 4.34. The van der Waals surface area contributed by atoms with Crippen LogP contribution in [-0.2, 0) is 0 Å². The molecule has 6 heteroatoms. The van der Waals surface area contributed by atoms with Crippen LogP contribution in [-0.4, -0.2) is 31.5 Å². The van der Waals surface area contributed by atoms with Crippen molar-refractivity contribution in [3.63, 3.8) is 0 Å². The minimum atomic E-state index is -1.20. The van der Waals surface area contributed by atoms with Crippen LogP contribution in [0.15, 0.2) is 18.3 Å². The summed E-state index contributed by atoms with van der Waals surface area (Å²) in [5, 5.41) is 18.3. The van der Waals surface area contributed by atoms with E-state index in [4.69, 9.17) is 10.2 Å². The van der Waals surface area contributed by atoms with Gasteiger partial charge >= 0.3 is 11.9 Å². The molecule has 1 aliphatic carbocycles. The third-order valence-corrected chi connectivity index (χ3v) is 3.07. The van der Waals surface area contributed by atoms with Crippen LogP contribution in [0.4, 0.5) is 0 Å². The summed E-state index contributed by atoms with van der Waals surface area (Å²) < 4.78 is 1.59. The molecule has 0 spiro atoms. The van der Waals surface area contributed by atoms with Gasteiger partial charge in [-0.25, -0.2) is 14.6 Å². The van der Waals surface area contributed by atoms with Gasteiger partial charge in [0.2, 0.25) is 0 Å². The van der Waals surface area contributed by atoms with Gasteiger partial charge in [0.25, 0.3) is 0 Å². The maximum Gasteiger partial charge on any atom is 0.356 e. The lowest BCUT2D eigenvalue weighted by molar-refractivity contribution is 0.0691. The molecule has 2 heterocycles. The second-order valence-corrected chi connectivity index (χ2v) is 4.34. The van der Waals surface area contributed by atoms with Crippen LogP contribution >= 0.6 is 0 Å². The van der Waals surface area contributed by atoms with Gasteiger partial charge in [0.1, 0.15) is 5.82 Å². The summed E-state index contributed by atoms with van der Waals surface area (Å²) >= 11 is 0. The van der Waals surface area contributed by atoms with E-state index in [0.717, 1.165) is 12.8 Å². The van der Waals surface area contributed by atoms with Gasteiger partial charge in [0.05, 0.1) is 11.1 Å². The maximum atomic E-state index is 11.2. The summed E-state index contributed by atoms with van der Waals surface area (Å²) in [6.45, 7) is 0.